The first-order valence-electron chi connectivity index (χ1n) is 8.47. The first kappa shape index (κ1) is 17.2. The van der Waals surface area contributed by atoms with E-state index in [4.69, 9.17) is 9.26 Å². The molecule has 0 unspecified atom stereocenters. The highest BCUT2D eigenvalue weighted by atomic mass is 16.6. The standard InChI is InChI=1S/C19H23N3O3/c1-19(2,3)24-18(23)22-11-9-14(10-12-22)13-16-20-17(21-25-16)15-7-5-4-6-8-15/h4-8,13H,9-12H2,1-3H3. The van der Waals surface area contributed by atoms with Crippen LogP contribution in [0.25, 0.3) is 17.5 Å². The van der Waals surface area contributed by atoms with Crippen molar-refractivity contribution in [2.45, 2.75) is 39.2 Å². The monoisotopic (exact) mass is 341 g/mol. The topological polar surface area (TPSA) is 68.5 Å². The largest absolute Gasteiger partial charge is 0.444 e. The van der Waals surface area contributed by atoms with Crippen LogP contribution in [0.5, 0.6) is 0 Å². The van der Waals surface area contributed by atoms with Crippen LogP contribution in [0, 0.1) is 0 Å². The average Bonchev–Trinajstić information content (AvgIpc) is 3.03. The number of nitrogens with zero attached hydrogens (tertiary/aromatic N) is 3. The fraction of sp³-hybridized carbons (Fsp3) is 0.421. The SMILES string of the molecule is CC(C)(C)OC(=O)N1CCC(=Cc2nc(-c3ccccc3)no2)CC1. The summed E-state index contributed by atoms with van der Waals surface area (Å²) >= 11 is 0. The molecule has 25 heavy (non-hydrogen) atoms. The van der Waals surface area contributed by atoms with Gasteiger partial charge in [0.2, 0.25) is 5.82 Å². The van der Waals surface area contributed by atoms with E-state index in [0.29, 0.717) is 24.8 Å². The molecule has 0 spiro atoms. The minimum atomic E-state index is -0.467. The van der Waals surface area contributed by atoms with E-state index in [9.17, 15) is 4.79 Å². The number of aromatic nitrogens is 2. The zero-order valence-corrected chi connectivity index (χ0v) is 14.9. The minimum Gasteiger partial charge on any atom is -0.444 e. The number of ether oxygens (including phenoxy) is 1. The molecule has 6 nitrogen and oxygen atoms in total. The molecular weight excluding hydrogens is 318 g/mol. The number of hydrogen-bond acceptors (Lipinski definition) is 5. The number of rotatable bonds is 2. The molecular formula is C19H23N3O3. The molecule has 3 rings (SSSR count). The summed E-state index contributed by atoms with van der Waals surface area (Å²) in [6.45, 7) is 6.90. The molecule has 0 atom stereocenters. The van der Waals surface area contributed by atoms with Crippen molar-refractivity contribution >= 4 is 12.2 Å². The zero-order valence-electron chi connectivity index (χ0n) is 14.9. The Hall–Kier alpha value is -2.63. The molecule has 1 aromatic heterocycles. The number of carbonyl (C=O) groups excluding carboxylic acids is 1. The number of likely N-dealkylation sites (tertiary alicyclic amines) is 1. The van der Waals surface area contributed by atoms with Gasteiger partial charge in [-0.05, 0) is 33.6 Å². The molecule has 132 valence electrons. The average molecular weight is 341 g/mol. The second-order valence-electron chi connectivity index (χ2n) is 7.09. The molecule has 0 saturated carbocycles. The van der Waals surface area contributed by atoms with E-state index in [2.05, 4.69) is 10.1 Å². The van der Waals surface area contributed by atoms with Crippen molar-refractivity contribution in [2.24, 2.45) is 0 Å². The van der Waals surface area contributed by atoms with Gasteiger partial charge in [0.05, 0.1) is 0 Å². The molecule has 1 aliphatic heterocycles. The van der Waals surface area contributed by atoms with Crippen LogP contribution in [0.2, 0.25) is 0 Å². The molecule has 1 amide bonds. The lowest BCUT2D eigenvalue weighted by Crippen LogP contribution is -2.40. The van der Waals surface area contributed by atoms with Crippen molar-refractivity contribution in [2.75, 3.05) is 13.1 Å². The third kappa shape index (κ3) is 4.68. The summed E-state index contributed by atoms with van der Waals surface area (Å²) in [5.41, 5.74) is 1.66. The van der Waals surface area contributed by atoms with Gasteiger partial charge in [0.25, 0.3) is 5.89 Å². The molecule has 1 aliphatic rings. The Morgan fingerprint density at radius 2 is 1.88 bits per heavy atom. The number of benzene rings is 1. The van der Waals surface area contributed by atoms with E-state index < -0.39 is 5.60 Å². The Morgan fingerprint density at radius 3 is 2.52 bits per heavy atom. The summed E-state index contributed by atoms with van der Waals surface area (Å²) in [5, 5.41) is 4.02. The summed E-state index contributed by atoms with van der Waals surface area (Å²) in [5.74, 6) is 1.08. The highest BCUT2D eigenvalue weighted by molar-refractivity contribution is 5.68. The van der Waals surface area contributed by atoms with Crippen LogP contribution in [0.15, 0.2) is 40.4 Å². The number of hydrogen-bond donors (Lipinski definition) is 0. The minimum absolute atomic E-state index is 0.254. The maximum Gasteiger partial charge on any atom is 0.410 e. The van der Waals surface area contributed by atoms with Crippen molar-refractivity contribution in [3.8, 4) is 11.4 Å². The predicted molar refractivity (Wildman–Crippen MR) is 94.8 cm³/mol. The van der Waals surface area contributed by atoms with Crippen molar-refractivity contribution in [1.29, 1.82) is 0 Å². The zero-order chi connectivity index (χ0) is 17.9. The molecule has 6 heteroatoms. The van der Waals surface area contributed by atoms with Crippen LogP contribution in [0.3, 0.4) is 0 Å². The molecule has 1 saturated heterocycles. The van der Waals surface area contributed by atoms with Crippen LogP contribution in [-0.2, 0) is 4.74 Å². The molecule has 0 radical (unpaired) electrons. The maximum atomic E-state index is 12.1. The Bertz CT molecular complexity index is 750. The van der Waals surface area contributed by atoms with Crippen LogP contribution >= 0.6 is 0 Å². The summed E-state index contributed by atoms with van der Waals surface area (Å²) in [4.78, 5) is 18.2. The fourth-order valence-electron chi connectivity index (χ4n) is 2.62. The van der Waals surface area contributed by atoms with Crippen LogP contribution in [0.1, 0.15) is 39.5 Å². The quantitative estimate of drug-likeness (QED) is 0.821. The van der Waals surface area contributed by atoms with E-state index >= 15 is 0 Å². The van der Waals surface area contributed by atoms with Crippen LogP contribution < -0.4 is 0 Å². The smallest absolute Gasteiger partial charge is 0.410 e. The Morgan fingerprint density at radius 1 is 1.20 bits per heavy atom. The van der Waals surface area contributed by atoms with Crippen molar-refractivity contribution in [3.05, 3.63) is 41.8 Å². The number of amides is 1. The second-order valence-corrected chi connectivity index (χ2v) is 7.09. The van der Waals surface area contributed by atoms with Gasteiger partial charge in [0, 0.05) is 24.7 Å². The summed E-state index contributed by atoms with van der Waals surface area (Å²) < 4.78 is 10.7. The summed E-state index contributed by atoms with van der Waals surface area (Å²) in [6, 6.07) is 9.72. The van der Waals surface area contributed by atoms with E-state index in [-0.39, 0.29) is 6.09 Å². The Labute approximate surface area is 147 Å². The fourth-order valence-corrected chi connectivity index (χ4v) is 2.62. The van der Waals surface area contributed by atoms with Gasteiger partial charge in [0.1, 0.15) is 5.60 Å². The van der Waals surface area contributed by atoms with E-state index in [1.54, 1.807) is 4.90 Å². The van der Waals surface area contributed by atoms with Gasteiger partial charge >= 0.3 is 6.09 Å². The lowest BCUT2D eigenvalue weighted by molar-refractivity contribution is 0.0237. The number of carbonyl (C=O) groups is 1. The molecule has 2 aromatic rings. The first-order chi connectivity index (χ1) is 11.9. The Kier molecular flexibility index (Phi) is 4.88. The lowest BCUT2D eigenvalue weighted by atomic mass is 10.0. The third-order valence-electron chi connectivity index (χ3n) is 3.86. The normalized spacial score (nSPS) is 15.2. The van der Waals surface area contributed by atoms with Gasteiger partial charge in [-0.1, -0.05) is 41.1 Å². The van der Waals surface area contributed by atoms with Crippen LogP contribution in [0.4, 0.5) is 4.79 Å². The van der Waals surface area contributed by atoms with Crippen LogP contribution in [-0.4, -0.2) is 39.8 Å². The third-order valence-corrected chi connectivity index (χ3v) is 3.86. The van der Waals surface area contributed by atoms with Gasteiger partial charge < -0.3 is 14.2 Å². The molecule has 1 aromatic carbocycles. The summed E-state index contributed by atoms with van der Waals surface area (Å²) in [7, 11) is 0. The molecule has 0 aliphatic carbocycles. The van der Waals surface area contributed by atoms with E-state index in [0.717, 1.165) is 18.4 Å². The van der Waals surface area contributed by atoms with Gasteiger partial charge in [-0.25, -0.2) is 4.79 Å². The van der Waals surface area contributed by atoms with Crippen molar-refractivity contribution in [3.63, 3.8) is 0 Å². The van der Waals surface area contributed by atoms with Crippen molar-refractivity contribution < 1.29 is 14.1 Å². The predicted octanol–water partition coefficient (Wildman–Crippen LogP) is 4.15. The van der Waals surface area contributed by atoms with Gasteiger partial charge in [0.15, 0.2) is 0 Å². The first-order valence-corrected chi connectivity index (χ1v) is 8.47. The summed E-state index contributed by atoms with van der Waals surface area (Å²) in [6.07, 6.45) is 3.23. The highest BCUT2D eigenvalue weighted by Crippen LogP contribution is 2.22. The van der Waals surface area contributed by atoms with E-state index in [1.807, 2.05) is 57.2 Å². The molecule has 0 N–H and O–H groups in total. The lowest BCUT2D eigenvalue weighted by Gasteiger charge is -2.30. The van der Waals surface area contributed by atoms with Gasteiger partial charge in [-0.3, -0.25) is 0 Å². The van der Waals surface area contributed by atoms with Gasteiger partial charge in [-0.2, -0.15) is 4.98 Å². The van der Waals surface area contributed by atoms with Gasteiger partial charge in [-0.15, -0.1) is 0 Å². The number of piperidine rings is 1. The van der Waals surface area contributed by atoms with Crippen molar-refractivity contribution in [1.82, 2.24) is 15.0 Å². The second kappa shape index (κ2) is 7.09. The maximum absolute atomic E-state index is 12.1. The molecule has 0 bridgehead atoms. The Balaban J connectivity index is 1.60. The molecule has 1 fully saturated rings. The van der Waals surface area contributed by atoms with E-state index in [1.165, 1.54) is 5.57 Å². The molecule has 2 heterocycles. The highest BCUT2D eigenvalue weighted by Gasteiger charge is 2.24.